The van der Waals surface area contributed by atoms with Gasteiger partial charge in [-0.25, -0.2) is 0 Å². The first-order valence-electron chi connectivity index (χ1n) is 7.06. The first-order valence-corrected chi connectivity index (χ1v) is 7.06. The maximum atomic E-state index is 5.51. The number of pyridine rings is 1. The largest absolute Gasteiger partial charge is 0.496 e. The number of rotatable bonds is 6. The molecule has 1 atom stereocenters. The first-order chi connectivity index (χ1) is 10.2. The SMILES string of the molecule is CCNC(c1cncc(OC)c1)c1cc(C)ccc1OC. The van der Waals surface area contributed by atoms with E-state index in [1.807, 2.05) is 18.3 Å². The van der Waals surface area contributed by atoms with Gasteiger partial charge >= 0.3 is 0 Å². The van der Waals surface area contributed by atoms with E-state index in [-0.39, 0.29) is 6.04 Å². The van der Waals surface area contributed by atoms with Gasteiger partial charge in [0.15, 0.2) is 0 Å². The molecule has 0 aliphatic carbocycles. The van der Waals surface area contributed by atoms with Crippen LogP contribution in [-0.2, 0) is 0 Å². The van der Waals surface area contributed by atoms with Gasteiger partial charge in [0.1, 0.15) is 11.5 Å². The number of hydrogen-bond acceptors (Lipinski definition) is 4. The van der Waals surface area contributed by atoms with Crippen molar-refractivity contribution in [2.24, 2.45) is 0 Å². The smallest absolute Gasteiger partial charge is 0.137 e. The third-order valence-corrected chi connectivity index (χ3v) is 3.41. The maximum Gasteiger partial charge on any atom is 0.137 e. The van der Waals surface area contributed by atoms with Crippen LogP contribution in [0.25, 0.3) is 0 Å². The highest BCUT2D eigenvalue weighted by atomic mass is 16.5. The van der Waals surface area contributed by atoms with Gasteiger partial charge in [-0.1, -0.05) is 24.6 Å². The molecule has 1 aromatic heterocycles. The van der Waals surface area contributed by atoms with Crippen LogP contribution in [0.15, 0.2) is 36.7 Å². The van der Waals surface area contributed by atoms with Crippen LogP contribution in [-0.4, -0.2) is 25.7 Å². The fraction of sp³-hybridized carbons (Fsp3) is 0.353. The van der Waals surface area contributed by atoms with Crippen LogP contribution in [0.3, 0.4) is 0 Å². The predicted octanol–water partition coefficient (Wildman–Crippen LogP) is 3.11. The summed E-state index contributed by atoms with van der Waals surface area (Å²) in [7, 11) is 3.34. The van der Waals surface area contributed by atoms with E-state index in [4.69, 9.17) is 9.47 Å². The third kappa shape index (κ3) is 3.52. The summed E-state index contributed by atoms with van der Waals surface area (Å²) < 4.78 is 10.8. The molecule has 1 heterocycles. The van der Waals surface area contributed by atoms with Gasteiger partial charge in [-0.2, -0.15) is 0 Å². The van der Waals surface area contributed by atoms with Crippen molar-refractivity contribution in [2.45, 2.75) is 19.9 Å². The maximum absolute atomic E-state index is 5.51. The minimum atomic E-state index is 0.0208. The molecular formula is C17H22N2O2. The highest BCUT2D eigenvalue weighted by Crippen LogP contribution is 2.31. The van der Waals surface area contributed by atoms with Crippen molar-refractivity contribution in [1.29, 1.82) is 0 Å². The fourth-order valence-corrected chi connectivity index (χ4v) is 2.40. The standard InChI is InChI=1S/C17H22N2O2/c1-5-19-17(13-9-14(20-3)11-18-10-13)15-8-12(2)6-7-16(15)21-4/h6-11,17,19H,5H2,1-4H3. The summed E-state index contributed by atoms with van der Waals surface area (Å²) in [6.45, 7) is 5.01. The quantitative estimate of drug-likeness (QED) is 0.886. The van der Waals surface area contributed by atoms with Crippen LogP contribution >= 0.6 is 0 Å². The zero-order valence-corrected chi connectivity index (χ0v) is 13.0. The van der Waals surface area contributed by atoms with Gasteiger partial charge in [-0.05, 0) is 31.2 Å². The Balaban J connectivity index is 2.49. The molecule has 1 N–H and O–H groups in total. The lowest BCUT2D eigenvalue weighted by atomic mass is 9.97. The van der Waals surface area contributed by atoms with Crippen LogP contribution in [0, 0.1) is 6.92 Å². The molecule has 0 saturated heterocycles. The summed E-state index contributed by atoms with van der Waals surface area (Å²) in [4.78, 5) is 4.26. The molecule has 1 aromatic carbocycles. The number of aromatic nitrogens is 1. The monoisotopic (exact) mass is 286 g/mol. The lowest BCUT2D eigenvalue weighted by Crippen LogP contribution is -2.23. The number of nitrogens with one attached hydrogen (secondary N) is 1. The van der Waals surface area contributed by atoms with E-state index >= 15 is 0 Å². The van der Waals surface area contributed by atoms with E-state index < -0.39 is 0 Å². The Morgan fingerprint density at radius 3 is 2.62 bits per heavy atom. The number of aryl methyl sites for hydroxylation is 1. The second-order valence-corrected chi connectivity index (χ2v) is 4.89. The minimum absolute atomic E-state index is 0.0208. The van der Waals surface area contributed by atoms with E-state index in [9.17, 15) is 0 Å². The van der Waals surface area contributed by atoms with Gasteiger partial charge in [-0.15, -0.1) is 0 Å². The highest BCUT2D eigenvalue weighted by Gasteiger charge is 2.18. The Morgan fingerprint density at radius 1 is 1.14 bits per heavy atom. The van der Waals surface area contributed by atoms with Crippen molar-refractivity contribution < 1.29 is 9.47 Å². The summed E-state index contributed by atoms with van der Waals surface area (Å²) in [5.74, 6) is 1.62. The van der Waals surface area contributed by atoms with Crippen LogP contribution in [0.4, 0.5) is 0 Å². The molecule has 21 heavy (non-hydrogen) atoms. The summed E-state index contributed by atoms with van der Waals surface area (Å²) >= 11 is 0. The molecule has 0 aliphatic rings. The Kier molecular flexibility index (Phi) is 5.17. The Hall–Kier alpha value is -2.07. The molecule has 0 bridgehead atoms. The van der Waals surface area contributed by atoms with Gasteiger partial charge in [0.25, 0.3) is 0 Å². The van der Waals surface area contributed by atoms with E-state index in [2.05, 4.69) is 36.3 Å². The zero-order valence-electron chi connectivity index (χ0n) is 13.0. The average molecular weight is 286 g/mol. The topological polar surface area (TPSA) is 43.4 Å². The van der Waals surface area contributed by atoms with Crippen LogP contribution in [0.5, 0.6) is 11.5 Å². The van der Waals surface area contributed by atoms with E-state index in [1.165, 1.54) is 5.56 Å². The van der Waals surface area contributed by atoms with Crippen LogP contribution in [0.2, 0.25) is 0 Å². The second-order valence-electron chi connectivity index (χ2n) is 4.89. The molecule has 4 heteroatoms. The summed E-state index contributed by atoms with van der Waals surface area (Å²) in [5.41, 5.74) is 3.36. The Labute approximate surface area is 126 Å². The number of ether oxygens (including phenoxy) is 2. The molecule has 1 unspecified atom stereocenters. The van der Waals surface area contributed by atoms with Gasteiger partial charge < -0.3 is 14.8 Å². The van der Waals surface area contributed by atoms with Crippen molar-refractivity contribution in [1.82, 2.24) is 10.3 Å². The van der Waals surface area contributed by atoms with E-state index in [0.717, 1.165) is 29.2 Å². The molecule has 0 spiro atoms. The summed E-state index contributed by atoms with van der Waals surface area (Å²) in [5, 5.41) is 3.49. The average Bonchev–Trinajstić information content (AvgIpc) is 2.52. The van der Waals surface area contributed by atoms with Crippen molar-refractivity contribution >= 4 is 0 Å². The van der Waals surface area contributed by atoms with E-state index in [1.54, 1.807) is 20.4 Å². The van der Waals surface area contributed by atoms with Crippen molar-refractivity contribution in [3.8, 4) is 11.5 Å². The van der Waals surface area contributed by atoms with Crippen LogP contribution < -0.4 is 14.8 Å². The molecule has 2 aromatic rings. The molecule has 0 radical (unpaired) electrons. The third-order valence-electron chi connectivity index (χ3n) is 3.41. The fourth-order valence-electron chi connectivity index (χ4n) is 2.40. The number of hydrogen-bond donors (Lipinski definition) is 1. The van der Waals surface area contributed by atoms with Gasteiger partial charge in [0, 0.05) is 11.8 Å². The second kappa shape index (κ2) is 7.09. The molecule has 0 saturated carbocycles. The Morgan fingerprint density at radius 2 is 1.95 bits per heavy atom. The normalized spacial score (nSPS) is 12.0. The molecule has 0 amide bonds. The molecular weight excluding hydrogens is 264 g/mol. The number of benzene rings is 1. The Bertz CT molecular complexity index is 599. The van der Waals surface area contributed by atoms with Crippen molar-refractivity contribution in [3.05, 3.63) is 53.3 Å². The van der Waals surface area contributed by atoms with Gasteiger partial charge in [-0.3, -0.25) is 4.98 Å². The molecule has 2 rings (SSSR count). The predicted molar refractivity (Wildman–Crippen MR) is 84.0 cm³/mol. The number of nitrogens with zero attached hydrogens (tertiary/aromatic N) is 1. The lowest BCUT2D eigenvalue weighted by molar-refractivity contribution is 0.402. The first kappa shape index (κ1) is 15.3. The van der Waals surface area contributed by atoms with Crippen molar-refractivity contribution in [3.63, 3.8) is 0 Å². The minimum Gasteiger partial charge on any atom is -0.496 e. The zero-order chi connectivity index (χ0) is 15.2. The summed E-state index contributed by atoms with van der Waals surface area (Å²) in [6.07, 6.45) is 3.57. The van der Waals surface area contributed by atoms with Gasteiger partial charge in [0.2, 0.25) is 0 Å². The molecule has 0 fully saturated rings. The van der Waals surface area contributed by atoms with Crippen molar-refractivity contribution in [2.75, 3.05) is 20.8 Å². The molecule has 4 nitrogen and oxygen atoms in total. The number of methoxy groups -OCH3 is 2. The molecule has 112 valence electrons. The highest BCUT2D eigenvalue weighted by molar-refractivity contribution is 5.44. The summed E-state index contributed by atoms with van der Waals surface area (Å²) in [6, 6.07) is 8.22. The van der Waals surface area contributed by atoms with Gasteiger partial charge in [0.05, 0.1) is 26.5 Å². The van der Waals surface area contributed by atoms with Crippen LogP contribution in [0.1, 0.15) is 29.7 Å². The lowest BCUT2D eigenvalue weighted by Gasteiger charge is -2.22. The van der Waals surface area contributed by atoms with E-state index in [0.29, 0.717) is 0 Å². The molecule has 0 aliphatic heterocycles.